The van der Waals surface area contributed by atoms with Gasteiger partial charge in [0, 0.05) is 11.9 Å². The molecule has 25 heavy (non-hydrogen) atoms. The number of nitrogens with zero attached hydrogens (tertiary/aromatic N) is 2. The summed E-state index contributed by atoms with van der Waals surface area (Å²) in [6, 6.07) is 12.6. The molecule has 2 rings (SSSR count). The topological polar surface area (TPSA) is 32.6 Å². The van der Waals surface area contributed by atoms with Crippen molar-refractivity contribution in [3.8, 4) is 0 Å². The van der Waals surface area contributed by atoms with Gasteiger partial charge >= 0.3 is 0 Å². The Balaban J connectivity index is 2.19. The highest BCUT2D eigenvalue weighted by atomic mass is 32.1. The van der Waals surface area contributed by atoms with Crippen molar-refractivity contribution in [3.05, 3.63) is 59.4 Å². The molecule has 0 aliphatic heterocycles. The maximum atomic E-state index is 5.75. The number of quaternary nitrogens is 1. The highest BCUT2D eigenvalue weighted by Gasteiger charge is 2.20. The molecule has 0 bridgehead atoms. The van der Waals surface area contributed by atoms with Crippen LogP contribution in [0.1, 0.15) is 29.8 Å². The zero-order chi connectivity index (χ0) is 18.4. The number of aryl methyl sites for hydroxylation is 2. The van der Waals surface area contributed by atoms with Gasteiger partial charge in [0.25, 0.3) is 0 Å². The summed E-state index contributed by atoms with van der Waals surface area (Å²) in [5, 5.41) is 4.16. The van der Waals surface area contributed by atoms with Gasteiger partial charge in [0.15, 0.2) is 5.11 Å². The highest BCUT2D eigenvalue weighted by molar-refractivity contribution is 7.80. The standard InChI is InChI=1S/C20H28N4S/c1-15-12-16(2)14-18(13-15)22-20(25)24(11-10-23(4)5)17(3)19-8-6-7-9-21-19/h6-9,12-14,17H,10-11H2,1-5H3,(H,22,25)/p+1. The number of anilines is 1. The molecule has 0 amide bonds. The van der Waals surface area contributed by atoms with E-state index in [1.54, 1.807) is 0 Å². The highest BCUT2D eigenvalue weighted by Crippen LogP contribution is 2.20. The quantitative estimate of drug-likeness (QED) is 0.779. The van der Waals surface area contributed by atoms with Crippen LogP contribution in [0.3, 0.4) is 0 Å². The first-order valence-corrected chi connectivity index (χ1v) is 9.13. The summed E-state index contributed by atoms with van der Waals surface area (Å²) in [5.41, 5.74) is 4.53. The van der Waals surface area contributed by atoms with E-state index in [0.29, 0.717) is 0 Å². The van der Waals surface area contributed by atoms with Crippen LogP contribution < -0.4 is 10.2 Å². The second-order valence-corrected chi connectivity index (χ2v) is 7.27. The zero-order valence-electron chi connectivity index (χ0n) is 15.8. The van der Waals surface area contributed by atoms with E-state index in [4.69, 9.17) is 12.2 Å². The van der Waals surface area contributed by atoms with Crippen LogP contribution in [0.15, 0.2) is 42.6 Å². The number of hydrogen-bond acceptors (Lipinski definition) is 2. The van der Waals surface area contributed by atoms with Gasteiger partial charge in [-0.15, -0.1) is 0 Å². The fourth-order valence-corrected chi connectivity index (χ4v) is 3.21. The zero-order valence-corrected chi connectivity index (χ0v) is 16.7. The molecule has 0 radical (unpaired) electrons. The number of pyridine rings is 1. The first-order chi connectivity index (χ1) is 11.9. The van der Waals surface area contributed by atoms with E-state index in [1.807, 2.05) is 18.3 Å². The van der Waals surface area contributed by atoms with Crippen LogP contribution in [0.2, 0.25) is 0 Å². The predicted molar refractivity (Wildman–Crippen MR) is 109 cm³/mol. The second kappa shape index (κ2) is 8.92. The predicted octanol–water partition coefficient (Wildman–Crippen LogP) is 2.60. The van der Waals surface area contributed by atoms with E-state index in [0.717, 1.165) is 29.6 Å². The van der Waals surface area contributed by atoms with E-state index in [2.05, 4.69) is 74.3 Å². The largest absolute Gasteiger partial charge is 0.338 e. The van der Waals surface area contributed by atoms with Crippen LogP contribution in [0, 0.1) is 13.8 Å². The summed E-state index contributed by atoms with van der Waals surface area (Å²) in [6.45, 7) is 8.24. The molecule has 0 aliphatic carbocycles. The molecule has 1 aromatic heterocycles. The molecule has 4 nitrogen and oxygen atoms in total. The monoisotopic (exact) mass is 357 g/mol. The number of benzene rings is 1. The number of rotatable bonds is 6. The fourth-order valence-electron chi connectivity index (χ4n) is 2.84. The van der Waals surface area contributed by atoms with Gasteiger partial charge in [0.2, 0.25) is 0 Å². The summed E-state index contributed by atoms with van der Waals surface area (Å²) < 4.78 is 0. The van der Waals surface area contributed by atoms with Crippen LogP contribution >= 0.6 is 12.2 Å². The van der Waals surface area contributed by atoms with Gasteiger partial charge in [-0.2, -0.15) is 0 Å². The Kier molecular flexibility index (Phi) is 6.91. The van der Waals surface area contributed by atoms with Crippen molar-refractivity contribution in [1.29, 1.82) is 0 Å². The Morgan fingerprint density at radius 3 is 2.44 bits per heavy atom. The molecule has 2 aromatic rings. The summed E-state index contributed by atoms with van der Waals surface area (Å²) in [7, 11) is 4.31. The van der Waals surface area contributed by atoms with Crippen LogP contribution in [0.25, 0.3) is 0 Å². The first kappa shape index (κ1) is 19.3. The van der Waals surface area contributed by atoms with Crippen molar-refractivity contribution in [1.82, 2.24) is 9.88 Å². The van der Waals surface area contributed by atoms with Crippen LogP contribution in [0.4, 0.5) is 5.69 Å². The third kappa shape index (κ3) is 5.80. The third-order valence-corrected chi connectivity index (χ3v) is 4.51. The van der Waals surface area contributed by atoms with Crippen LogP contribution in [-0.2, 0) is 0 Å². The minimum Gasteiger partial charge on any atom is -0.338 e. The van der Waals surface area contributed by atoms with E-state index in [1.165, 1.54) is 16.0 Å². The number of thiocarbonyl (C=S) groups is 1. The second-order valence-electron chi connectivity index (χ2n) is 6.89. The number of hydrogen-bond donors (Lipinski definition) is 2. The average molecular weight is 358 g/mol. The first-order valence-electron chi connectivity index (χ1n) is 8.72. The number of likely N-dealkylation sites (N-methyl/N-ethyl adjacent to an activating group) is 1. The fraction of sp³-hybridized carbons (Fsp3) is 0.400. The molecule has 1 unspecified atom stereocenters. The minimum atomic E-state index is 0.117. The molecule has 1 atom stereocenters. The summed E-state index contributed by atoms with van der Waals surface area (Å²) in [6.07, 6.45) is 1.83. The molecular formula is C20H29N4S+. The summed E-state index contributed by atoms with van der Waals surface area (Å²) in [4.78, 5) is 8.13. The van der Waals surface area contributed by atoms with Crippen molar-refractivity contribution < 1.29 is 4.90 Å². The minimum absolute atomic E-state index is 0.117. The lowest BCUT2D eigenvalue weighted by Gasteiger charge is -2.31. The molecule has 0 fully saturated rings. The lowest BCUT2D eigenvalue weighted by Crippen LogP contribution is -3.06. The van der Waals surface area contributed by atoms with Gasteiger partial charge in [-0.25, -0.2) is 0 Å². The Hall–Kier alpha value is -1.98. The molecule has 5 heteroatoms. The van der Waals surface area contributed by atoms with Crippen molar-refractivity contribution >= 4 is 23.0 Å². The van der Waals surface area contributed by atoms with Crippen LogP contribution in [-0.4, -0.2) is 42.2 Å². The SMILES string of the molecule is Cc1cc(C)cc(NC(=S)N(CC[NH+](C)C)C(C)c2ccccn2)c1. The van der Waals surface area contributed by atoms with Gasteiger partial charge in [-0.1, -0.05) is 12.1 Å². The molecule has 134 valence electrons. The molecular weight excluding hydrogens is 328 g/mol. The van der Waals surface area contributed by atoms with Gasteiger partial charge < -0.3 is 15.1 Å². The van der Waals surface area contributed by atoms with Crippen molar-refractivity contribution in [3.63, 3.8) is 0 Å². The van der Waals surface area contributed by atoms with Crippen LogP contribution in [0.5, 0.6) is 0 Å². The van der Waals surface area contributed by atoms with Crippen molar-refractivity contribution in [2.24, 2.45) is 0 Å². The van der Waals surface area contributed by atoms with E-state index in [-0.39, 0.29) is 6.04 Å². The number of aromatic nitrogens is 1. The van der Waals surface area contributed by atoms with E-state index >= 15 is 0 Å². The maximum Gasteiger partial charge on any atom is 0.174 e. The average Bonchev–Trinajstić information content (AvgIpc) is 2.54. The normalized spacial score (nSPS) is 12.1. The Bertz CT molecular complexity index is 680. The maximum absolute atomic E-state index is 5.75. The van der Waals surface area contributed by atoms with Crippen molar-refractivity contribution in [2.45, 2.75) is 26.8 Å². The molecule has 1 heterocycles. The van der Waals surface area contributed by atoms with Gasteiger partial charge in [-0.05, 0) is 68.4 Å². The molecule has 2 N–H and O–H groups in total. The lowest BCUT2D eigenvalue weighted by atomic mass is 10.1. The molecule has 0 spiro atoms. The summed E-state index contributed by atoms with van der Waals surface area (Å²) in [5.74, 6) is 0. The Morgan fingerprint density at radius 1 is 1.20 bits per heavy atom. The molecule has 1 aromatic carbocycles. The lowest BCUT2D eigenvalue weighted by molar-refractivity contribution is -0.857. The van der Waals surface area contributed by atoms with E-state index < -0.39 is 0 Å². The van der Waals surface area contributed by atoms with Gasteiger partial charge in [0.1, 0.15) is 0 Å². The third-order valence-electron chi connectivity index (χ3n) is 4.17. The van der Waals surface area contributed by atoms with Crippen molar-refractivity contribution in [2.75, 3.05) is 32.5 Å². The van der Waals surface area contributed by atoms with Gasteiger partial charge in [-0.3, -0.25) is 4.98 Å². The molecule has 0 aliphatic rings. The number of nitrogens with one attached hydrogen (secondary N) is 2. The smallest absolute Gasteiger partial charge is 0.174 e. The van der Waals surface area contributed by atoms with E-state index in [9.17, 15) is 0 Å². The van der Waals surface area contributed by atoms with Gasteiger partial charge in [0.05, 0.1) is 38.9 Å². The summed E-state index contributed by atoms with van der Waals surface area (Å²) >= 11 is 5.75. The molecule has 0 saturated carbocycles. The Labute approximate surface area is 156 Å². The molecule has 0 saturated heterocycles. The Morgan fingerprint density at radius 2 is 1.88 bits per heavy atom.